The van der Waals surface area contributed by atoms with E-state index in [1.54, 1.807) is 0 Å². The zero-order valence-electron chi connectivity index (χ0n) is 25.9. The Bertz CT molecular complexity index is 427. The summed E-state index contributed by atoms with van der Waals surface area (Å²) in [6.07, 6.45) is 33.8. The van der Waals surface area contributed by atoms with Crippen LogP contribution in [0.1, 0.15) is 149 Å². The number of likely N-dealkylation sites (N-methyl/N-ethyl adjacent to an activating group) is 2. The van der Waals surface area contributed by atoms with Crippen molar-refractivity contribution in [1.82, 2.24) is 0 Å². The van der Waals surface area contributed by atoms with Gasteiger partial charge in [-0.15, -0.1) is 0 Å². The van der Waals surface area contributed by atoms with Gasteiger partial charge in [-0.25, -0.2) is 0 Å². The molecule has 0 fully saturated rings. The largest absolute Gasteiger partial charge is 1.00 e. The zero-order chi connectivity index (χ0) is 25.5. The maximum absolute atomic E-state index is 2.49. The predicted octanol–water partition coefficient (Wildman–Crippen LogP) is 3.89. The Balaban J connectivity index is -0.00000544. The first kappa shape index (κ1) is 40.7. The predicted molar refractivity (Wildman–Crippen MR) is 156 cm³/mol. The van der Waals surface area contributed by atoms with E-state index in [2.05, 4.69) is 61.1 Å². The van der Waals surface area contributed by atoms with Crippen LogP contribution in [0.2, 0.25) is 0 Å². The summed E-state index contributed by atoms with van der Waals surface area (Å²) < 4.78 is 2.23. The van der Waals surface area contributed by atoms with Crippen molar-refractivity contribution in [2.75, 3.05) is 41.3 Å². The molecule has 0 aromatic rings. The Morgan fingerprint density at radius 1 is 0.444 bits per heavy atom. The minimum Gasteiger partial charge on any atom is -1.00 e. The molecule has 0 atom stereocenters. The molecule has 0 N–H and O–H groups in total. The van der Waals surface area contributed by atoms with Crippen molar-refractivity contribution < 1.29 is 33.8 Å². The highest BCUT2D eigenvalue weighted by atomic mass is 35.5. The molecule has 0 aromatic carbocycles. The molecule has 0 amide bonds. The van der Waals surface area contributed by atoms with Crippen LogP contribution in [0, 0.1) is 0 Å². The average Bonchev–Trinajstić information content (AvgIpc) is 2.79. The maximum Gasteiger partial charge on any atom is 0.235 e. The van der Waals surface area contributed by atoms with Crippen molar-refractivity contribution in [3.05, 3.63) is 12.2 Å². The van der Waals surface area contributed by atoms with Crippen LogP contribution in [0.4, 0.5) is 0 Å². The summed E-state index contributed by atoms with van der Waals surface area (Å²) in [6.45, 7) is 9.40. The number of hydrogen-bond donors (Lipinski definition) is 0. The fourth-order valence-electron chi connectivity index (χ4n) is 5.76. The molecular weight excluding hydrogens is 483 g/mol. The second kappa shape index (κ2) is 26.8. The second-order valence-corrected chi connectivity index (χ2v) is 12.3. The molecule has 0 aliphatic heterocycles. The van der Waals surface area contributed by atoms with E-state index in [0.717, 1.165) is 8.97 Å². The molecule has 0 heterocycles. The van der Waals surface area contributed by atoms with E-state index in [0.29, 0.717) is 6.17 Å². The van der Waals surface area contributed by atoms with Crippen molar-refractivity contribution >= 4 is 0 Å². The molecule has 0 bridgehead atoms. The average molecular weight is 552 g/mol. The maximum atomic E-state index is 2.49. The van der Waals surface area contributed by atoms with Gasteiger partial charge in [-0.3, -0.25) is 8.97 Å². The first-order chi connectivity index (χ1) is 16.3. The van der Waals surface area contributed by atoms with Gasteiger partial charge in [-0.05, 0) is 32.6 Å². The normalized spacial score (nSPS) is 12.2. The van der Waals surface area contributed by atoms with Gasteiger partial charge >= 0.3 is 0 Å². The smallest absolute Gasteiger partial charge is 0.235 e. The highest BCUT2D eigenvalue weighted by Gasteiger charge is 2.38. The number of rotatable bonds is 25. The molecule has 0 saturated heterocycles. The van der Waals surface area contributed by atoms with Crippen molar-refractivity contribution in [3.8, 4) is 0 Å². The Morgan fingerprint density at radius 3 is 0.944 bits per heavy atom. The molecule has 0 aromatic heterocycles. The molecule has 220 valence electrons. The molecule has 0 unspecified atom stereocenters. The third kappa shape index (κ3) is 22.2. The van der Waals surface area contributed by atoms with Gasteiger partial charge in [0.15, 0.2) is 0 Å². The Hall–Kier alpha value is 0.240. The first-order valence-electron chi connectivity index (χ1n) is 15.6. The van der Waals surface area contributed by atoms with E-state index in [1.165, 1.54) is 142 Å². The van der Waals surface area contributed by atoms with E-state index >= 15 is 0 Å². The van der Waals surface area contributed by atoms with Gasteiger partial charge in [-0.2, -0.15) is 0 Å². The van der Waals surface area contributed by atoms with Crippen molar-refractivity contribution in [2.24, 2.45) is 0 Å². The number of halogens is 2. The Kier molecular flexibility index (Phi) is 30.4. The lowest BCUT2D eigenvalue weighted by Gasteiger charge is -2.45. The summed E-state index contributed by atoms with van der Waals surface area (Å²) in [4.78, 5) is 0. The van der Waals surface area contributed by atoms with Crippen molar-refractivity contribution in [3.63, 3.8) is 0 Å². The van der Waals surface area contributed by atoms with Crippen LogP contribution in [0.25, 0.3) is 0 Å². The Labute approximate surface area is 242 Å². The third-order valence-electron chi connectivity index (χ3n) is 7.97. The van der Waals surface area contributed by atoms with Crippen molar-refractivity contribution in [1.29, 1.82) is 0 Å². The van der Waals surface area contributed by atoms with Gasteiger partial charge in [0.2, 0.25) is 6.17 Å². The monoisotopic (exact) mass is 550 g/mol. The topological polar surface area (TPSA) is 0 Å². The van der Waals surface area contributed by atoms with E-state index in [9.17, 15) is 0 Å². The first-order valence-corrected chi connectivity index (χ1v) is 15.6. The lowest BCUT2D eigenvalue weighted by atomic mass is 10.1. The van der Waals surface area contributed by atoms with Gasteiger partial charge < -0.3 is 24.8 Å². The highest BCUT2D eigenvalue weighted by molar-refractivity contribution is 4.82. The number of allylic oxidation sites excluding steroid dienone is 1. The summed E-state index contributed by atoms with van der Waals surface area (Å²) in [5.74, 6) is 0. The summed E-state index contributed by atoms with van der Waals surface area (Å²) >= 11 is 0. The quantitative estimate of drug-likeness (QED) is 0.0699. The number of hydrogen-bond acceptors (Lipinski definition) is 0. The molecule has 36 heavy (non-hydrogen) atoms. The van der Waals surface area contributed by atoms with Crippen molar-refractivity contribution in [2.45, 2.75) is 155 Å². The number of unbranched alkanes of at least 4 members (excludes halogenated alkanes) is 18. The van der Waals surface area contributed by atoms with Crippen LogP contribution < -0.4 is 24.8 Å². The molecule has 4 heteroatoms. The van der Waals surface area contributed by atoms with Crippen LogP contribution >= 0.6 is 0 Å². The Morgan fingerprint density at radius 2 is 0.694 bits per heavy atom. The van der Waals surface area contributed by atoms with Crippen LogP contribution in [-0.4, -0.2) is 56.4 Å². The molecule has 0 radical (unpaired) electrons. The van der Waals surface area contributed by atoms with Crippen LogP contribution in [-0.2, 0) is 0 Å². The third-order valence-corrected chi connectivity index (χ3v) is 7.97. The lowest BCUT2D eigenvalue weighted by Crippen LogP contribution is -3.00. The second-order valence-electron chi connectivity index (χ2n) is 12.3. The van der Waals surface area contributed by atoms with Crippen LogP contribution in [0.5, 0.6) is 0 Å². The van der Waals surface area contributed by atoms with E-state index in [1.807, 2.05) is 0 Å². The number of nitrogens with zero attached hydrogens (tertiary/aromatic N) is 2. The summed E-state index contributed by atoms with van der Waals surface area (Å²) in [7, 11) is 9.88. The van der Waals surface area contributed by atoms with Crippen LogP contribution in [0.15, 0.2) is 12.2 Å². The SMILES string of the molecule is CC=CC([N+](C)(C)CCCCCCCCCCCC)[N+](C)(C)CCCCCCCCCCCC.[Cl-].[Cl-]. The molecule has 0 aliphatic rings. The fourth-order valence-corrected chi connectivity index (χ4v) is 5.76. The van der Waals surface area contributed by atoms with E-state index < -0.39 is 0 Å². The van der Waals surface area contributed by atoms with Gasteiger partial charge in [0.25, 0.3) is 0 Å². The summed E-state index contributed by atoms with van der Waals surface area (Å²) in [5.41, 5.74) is 0. The van der Waals surface area contributed by atoms with Gasteiger partial charge in [0.05, 0.1) is 41.3 Å². The van der Waals surface area contributed by atoms with Gasteiger partial charge in [-0.1, -0.05) is 123 Å². The van der Waals surface area contributed by atoms with Gasteiger partial charge in [0.1, 0.15) is 0 Å². The van der Waals surface area contributed by atoms with Gasteiger partial charge in [0, 0.05) is 6.08 Å². The highest BCUT2D eigenvalue weighted by Crippen LogP contribution is 2.22. The van der Waals surface area contributed by atoms with E-state index in [-0.39, 0.29) is 24.8 Å². The summed E-state index contributed by atoms with van der Waals surface area (Å²) in [6, 6.07) is 0. The molecular formula is C32H68Cl2N2. The van der Waals surface area contributed by atoms with E-state index in [4.69, 9.17) is 0 Å². The molecule has 0 aliphatic carbocycles. The standard InChI is InChI=1S/C32H68N2.2ClH/c1-8-11-13-15-17-19-21-23-25-27-30-33(4,5)32(29-10-3)34(6,7)31-28-26-24-22-20-18-16-14-12-9-2;;/h10,29,32H,8-9,11-28,30-31H2,1-7H3;2*1H/q+2;;/p-2. The molecule has 0 saturated carbocycles. The minimum atomic E-state index is 0. The lowest BCUT2D eigenvalue weighted by molar-refractivity contribution is -1.10. The zero-order valence-corrected chi connectivity index (χ0v) is 27.5. The molecule has 2 nitrogen and oxygen atoms in total. The molecule has 0 spiro atoms. The minimum absolute atomic E-state index is 0. The van der Waals surface area contributed by atoms with Crippen LogP contribution in [0.3, 0.4) is 0 Å². The summed E-state index contributed by atoms with van der Waals surface area (Å²) in [5, 5.41) is 0. The fraction of sp³-hybridized carbons (Fsp3) is 0.938. The molecule has 0 rings (SSSR count). The number of quaternary nitrogens is 2.